The predicted octanol–water partition coefficient (Wildman–Crippen LogP) is 10.9. The Labute approximate surface area is 271 Å². The Bertz CT molecular complexity index is 1410. The van der Waals surface area contributed by atoms with Crippen LogP contribution in [0.3, 0.4) is 0 Å². The van der Waals surface area contributed by atoms with Gasteiger partial charge in [0, 0.05) is 5.69 Å². The van der Waals surface area contributed by atoms with Crippen LogP contribution in [0, 0.1) is 6.73 Å². The molecule has 4 aromatic carbocycles. The van der Waals surface area contributed by atoms with Crippen molar-refractivity contribution in [1.29, 1.82) is 0 Å². The van der Waals surface area contributed by atoms with E-state index in [1.807, 2.05) is 78.1 Å². The summed E-state index contributed by atoms with van der Waals surface area (Å²) < 4.78 is 19.2. The van der Waals surface area contributed by atoms with Crippen LogP contribution in [0.4, 0.5) is 5.69 Å². The molecule has 7 heteroatoms. The zero-order valence-corrected chi connectivity index (χ0v) is 29.2. The maximum absolute atomic E-state index is 6.30. The maximum atomic E-state index is 6.30. The number of benzene rings is 4. The van der Waals surface area contributed by atoms with Crippen molar-refractivity contribution in [3.8, 4) is 23.0 Å². The first-order valence-electron chi connectivity index (χ1n) is 14.3. The van der Waals surface area contributed by atoms with Crippen molar-refractivity contribution < 1.29 is 27.7 Å². The average Bonchev–Trinajstić information content (AvgIpc) is 2.99. The quantitative estimate of drug-likeness (QED) is 0.115. The van der Waals surface area contributed by atoms with Gasteiger partial charge in [0.25, 0.3) is 0 Å². The number of para-hydroxylation sites is 3. The molecule has 0 saturated carbocycles. The normalized spacial score (nSPS) is 11.1. The number of hydrogen-bond donors (Lipinski definition) is 0. The molecule has 4 rings (SSSR count). The average molecular weight is 709 g/mol. The van der Waals surface area contributed by atoms with Gasteiger partial charge in [-0.2, -0.15) is 0 Å². The van der Waals surface area contributed by atoms with Gasteiger partial charge in [-0.05, 0) is 67.1 Å². The molecule has 0 saturated heterocycles. The fraction of sp³-hybridized carbons (Fsp3) is 0.278. The fourth-order valence-corrected chi connectivity index (χ4v) is 6.13. The van der Waals surface area contributed by atoms with Gasteiger partial charge in [-0.25, -0.2) is 0 Å². The molecule has 0 heterocycles. The van der Waals surface area contributed by atoms with Gasteiger partial charge in [-0.15, -0.1) is 0 Å². The standard InChI is InChI=1S/C23H32NO2.C13H10O.2ClH.Ru/c1-16(2)21-9-8-10-22(17(3)4)23(21)26-15-24(18(5)6)19-11-13-20(25-7)14-12-19;1-11-7-5-6-10-13(11)14-12-8-3-2-4-9-12;;;/h8-18H,1-7H3;1-10H;2*1H;/q-1;;;;+2/p-2. The zero-order chi connectivity index (χ0) is 31.4. The summed E-state index contributed by atoms with van der Waals surface area (Å²) >= 11 is -1.83. The predicted molar refractivity (Wildman–Crippen MR) is 180 cm³/mol. The SMILES string of the molecule is COc1ccc(N([CH-]Oc2c(C(C)C)cccc2C(C)C)C(C)C)cc1.[Cl][Ru]([Cl])=[CH]c1ccccc1Oc1ccccc1. The minimum absolute atomic E-state index is 0.275. The molecular formula is C36H42Cl2NO3Ru-. The van der Waals surface area contributed by atoms with Gasteiger partial charge in [-0.3, -0.25) is 0 Å². The molecule has 0 atom stereocenters. The summed E-state index contributed by atoms with van der Waals surface area (Å²) in [6, 6.07) is 32.1. The van der Waals surface area contributed by atoms with Crippen molar-refractivity contribution in [3.63, 3.8) is 0 Å². The molecule has 0 aliphatic carbocycles. The second-order valence-corrected chi connectivity index (χ2v) is 16.5. The van der Waals surface area contributed by atoms with Crippen LogP contribution in [0.2, 0.25) is 0 Å². The number of halogens is 2. The van der Waals surface area contributed by atoms with E-state index in [-0.39, 0.29) is 6.04 Å². The monoisotopic (exact) mass is 708 g/mol. The number of ether oxygens (including phenoxy) is 3. The molecule has 0 aliphatic heterocycles. The van der Waals surface area contributed by atoms with E-state index in [0.717, 1.165) is 34.2 Å². The van der Waals surface area contributed by atoms with E-state index in [1.165, 1.54) is 11.1 Å². The summed E-state index contributed by atoms with van der Waals surface area (Å²) in [6.07, 6.45) is 0. The first-order valence-corrected chi connectivity index (χ1v) is 19.8. The number of methoxy groups -OCH3 is 1. The van der Waals surface area contributed by atoms with Crippen molar-refractivity contribution >= 4 is 29.7 Å². The number of hydrogen-bond acceptors (Lipinski definition) is 4. The minimum atomic E-state index is -1.83. The molecule has 4 aromatic rings. The second-order valence-electron chi connectivity index (χ2n) is 10.8. The summed E-state index contributed by atoms with van der Waals surface area (Å²) in [7, 11) is 13.5. The van der Waals surface area contributed by atoms with Gasteiger partial charge in [0.2, 0.25) is 0 Å². The Kier molecular flexibility index (Phi) is 14.1. The number of rotatable bonds is 11. The fourth-order valence-electron chi connectivity index (χ4n) is 4.32. The summed E-state index contributed by atoms with van der Waals surface area (Å²) in [5, 5.41) is 0. The molecule has 0 aromatic heterocycles. The van der Waals surface area contributed by atoms with Crippen molar-refractivity contribution in [2.75, 3.05) is 12.0 Å². The Balaban J connectivity index is 0.000000257. The second kappa shape index (κ2) is 17.4. The van der Waals surface area contributed by atoms with Crippen LogP contribution < -0.4 is 19.1 Å². The Morgan fingerprint density at radius 1 is 0.698 bits per heavy atom. The van der Waals surface area contributed by atoms with Gasteiger partial charge in [-0.1, -0.05) is 52.6 Å². The van der Waals surface area contributed by atoms with E-state index in [1.54, 1.807) is 7.11 Å². The number of anilines is 1. The first-order chi connectivity index (χ1) is 20.6. The summed E-state index contributed by atoms with van der Waals surface area (Å²) in [5.74, 6) is 4.23. The van der Waals surface area contributed by atoms with Gasteiger partial charge >= 0.3 is 114 Å². The van der Waals surface area contributed by atoms with Crippen molar-refractivity contribution in [2.24, 2.45) is 0 Å². The molecule has 0 N–H and O–H groups in total. The van der Waals surface area contributed by atoms with E-state index >= 15 is 0 Å². The summed E-state index contributed by atoms with van der Waals surface area (Å²) in [6.45, 7) is 15.0. The van der Waals surface area contributed by atoms with Gasteiger partial charge in [0.1, 0.15) is 5.75 Å². The molecule has 0 amide bonds. The van der Waals surface area contributed by atoms with Crippen LogP contribution in [0.25, 0.3) is 0 Å². The molecule has 0 radical (unpaired) electrons. The molecule has 0 fully saturated rings. The van der Waals surface area contributed by atoms with Gasteiger partial charge in [0.15, 0.2) is 0 Å². The van der Waals surface area contributed by atoms with E-state index in [2.05, 4.69) is 76.8 Å². The number of nitrogens with zero attached hydrogens (tertiary/aromatic N) is 1. The van der Waals surface area contributed by atoms with Crippen LogP contribution in [-0.4, -0.2) is 17.8 Å². The van der Waals surface area contributed by atoms with Gasteiger partial charge in [0.05, 0.1) is 12.9 Å². The van der Waals surface area contributed by atoms with Crippen LogP contribution in [-0.2, 0) is 13.5 Å². The van der Waals surface area contributed by atoms with Crippen molar-refractivity contribution in [3.05, 3.63) is 120 Å². The van der Waals surface area contributed by atoms with Crippen LogP contribution in [0.5, 0.6) is 23.0 Å². The third-order valence-electron chi connectivity index (χ3n) is 6.61. The Morgan fingerprint density at radius 3 is 1.81 bits per heavy atom. The van der Waals surface area contributed by atoms with Gasteiger partial charge < -0.3 is 14.4 Å². The van der Waals surface area contributed by atoms with E-state index < -0.39 is 13.5 Å². The molecule has 232 valence electrons. The van der Waals surface area contributed by atoms with E-state index in [4.69, 9.17) is 33.6 Å². The van der Waals surface area contributed by atoms with Crippen LogP contribution in [0.1, 0.15) is 70.1 Å². The van der Waals surface area contributed by atoms with E-state index in [0.29, 0.717) is 11.8 Å². The Hall–Kier alpha value is -2.85. The molecule has 0 bridgehead atoms. The topological polar surface area (TPSA) is 30.9 Å². The zero-order valence-electron chi connectivity index (χ0n) is 25.9. The van der Waals surface area contributed by atoms with Crippen molar-refractivity contribution in [1.82, 2.24) is 0 Å². The molecule has 0 unspecified atom stereocenters. The summed E-state index contributed by atoms with van der Waals surface area (Å²) in [5.41, 5.74) is 4.51. The van der Waals surface area contributed by atoms with E-state index in [9.17, 15) is 0 Å². The molecule has 0 aliphatic rings. The molecule has 43 heavy (non-hydrogen) atoms. The molecular weight excluding hydrogens is 666 g/mol. The third kappa shape index (κ3) is 10.7. The van der Waals surface area contributed by atoms with Crippen LogP contribution >= 0.6 is 19.4 Å². The molecule has 0 spiro atoms. The third-order valence-corrected chi connectivity index (χ3v) is 8.44. The first kappa shape index (κ1) is 34.6. The summed E-state index contributed by atoms with van der Waals surface area (Å²) in [4.78, 5) is 2.14. The Morgan fingerprint density at radius 2 is 1.28 bits per heavy atom. The van der Waals surface area contributed by atoms with Crippen LogP contribution in [0.15, 0.2) is 97.1 Å². The van der Waals surface area contributed by atoms with Crippen molar-refractivity contribution in [2.45, 2.75) is 59.4 Å². The molecule has 4 nitrogen and oxygen atoms in total.